The van der Waals surface area contributed by atoms with Crippen LogP contribution in [0.15, 0.2) is 12.1 Å². The van der Waals surface area contributed by atoms with Gasteiger partial charge in [-0.2, -0.15) is 10.5 Å². The molecule has 0 aliphatic heterocycles. The number of hydrogen-bond donors (Lipinski definition) is 0. The van der Waals surface area contributed by atoms with Gasteiger partial charge in [0.25, 0.3) is 0 Å². The number of ether oxygens (including phenoxy) is 1. The summed E-state index contributed by atoms with van der Waals surface area (Å²) in [5, 5.41) is 17.1. The van der Waals surface area contributed by atoms with Crippen LogP contribution in [-0.4, -0.2) is 7.11 Å². The zero-order chi connectivity index (χ0) is 10.6. The Bertz CT molecular complexity index is 429. The SMILES string of the molecule is COc1cc(F)c(CC#N)c(C#N)c1. The van der Waals surface area contributed by atoms with Gasteiger partial charge < -0.3 is 4.74 Å². The molecule has 0 aliphatic carbocycles. The lowest BCUT2D eigenvalue weighted by atomic mass is 10.1. The molecule has 4 heteroatoms. The number of hydrogen-bond acceptors (Lipinski definition) is 3. The third-order valence-corrected chi connectivity index (χ3v) is 1.78. The highest BCUT2D eigenvalue weighted by atomic mass is 19.1. The third-order valence-electron chi connectivity index (χ3n) is 1.78. The maximum atomic E-state index is 13.3. The Kier molecular flexibility index (Phi) is 3.04. The van der Waals surface area contributed by atoms with E-state index < -0.39 is 5.82 Å². The molecule has 0 aromatic heterocycles. The average Bonchev–Trinajstić information content (AvgIpc) is 2.20. The zero-order valence-electron chi connectivity index (χ0n) is 7.54. The fourth-order valence-corrected chi connectivity index (χ4v) is 1.09. The summed E-state index contributed by atoms with van der Waals surface area (Å²) >= 11 is 0. The van der Waals surface area contributed by atoms with Crippen molar-refractivity contribution in [1.82, 2.24) is 0 Å². The average molecular weight is 190 g/mol. The van der Waals surface area contributed by atoms with Crippen molar-refractivity contribution >= 4 is 0 Å². The molecule has 0 aliphatic rings. The van der Waals surface area contributed by atoms with Crippen LogP contribution in [0.1, 0.15) is 11.1 Å². The van der Waals surface area contributed by atoms with E-state index in [0.29, 0.717) is 0 Å². The Labute approximate surface area is 81.0 Å². The highest BCUT2D eigenvalue weighted by Gasteiger charge is 2.10. The van der Waals surface area contributed by atoms with Crippen LogP contribution in [0.3, 0.4) is 0 Å². The molecule has 0 radical (unpaired) electrons. The maximum absolute atomic E-state index is 13.3. The van der Waals surface area contributed by atoms with Gasteiger partial charge in [-0.3, -0.25) is 0 Å². The summed E-state index contributed by atoms with van der Waals surface area (Å²) in [5.41, 5.74) is 0.263. The van der Waals surface area contributed by atoms with Crippen molar-refractivity contribution in [3.05, 3.63) is 29.1 Å². The van der Waals surface area contributed by atoms with Crippen molar-refractivity contribution in [2.75, 3.05) is 7.11 Å². The van der Waals surface area contributed by atoms with Crippen molar-refractivity contribution in [2.24, 2.45) is 0 Å². The standard InChI is InChI=1S/C10H7FN2O/c1-14-8-4-7(6-13)9(2-3-12)10(11)5-8/h4-5H,2H2,1H3. The summed E-state index contributed by atoms with van der Waals surface area (Å²) in [6.07, 6.45) is -0.112. The molecular formula is C10H7FN2O. The summed E-state index contributed by atoms with van der Waals surface area (Å²) < 4.78 is 18.1. The summed E-state index contributed by atoms with van der Waals surface area (Å²) in [5.74, 6) is -0.303. The van der Waals surface area contributed by atoms with Crippen LogP contribution in [0.5, 0.6) is 5.75 Å². The number of halogens is 1. The molecule has 0 saturated carbocycles. The van der Waals surface area contributed by atoms with Crippen LogP contribution in [0, 0.1) is 28.5 Å². The van der Waals surface area contributed by atoms with Gasteiger partial charge >= 0.3 is 0 Å². The minimum absolute atomic E-state index is 0.112. The highest BCUT2D eigenvalue weighted by Crippen LogP contribution is 2.21. The largest absolute Gasteiger partial charge is 0.497 e. The van der Waals surface area contributed by atoms with Gasteiger partial charge in [0.2, 0.25) is 0 Å². The molecule has 0 fully saturated rings. The number of rotatable bonds is 2. The van der Waals surface area contributed by atoms with E-state index in [9.17, 15) is 4.39 Å². The minimum Gasteiger partial charge on any atom is -0.497 e. The normalized spacial score (nSPS) is 8.86. The second kappa shape index (κ2) is 4.25. The van der Waals surface area contributed by atoms with Gasteiger partial charge in [-0.15, -0.1) is 0 Å². The van der Waals surface area contributed by atoms with E-state index in [-0.39, 0.29) is 23.3 Å². The second-order valence-corrected chi connectivity index (χ2v) is 2.58. The highest BCUT2D eigenvalue weighted by molar-refractivity contribution is 5.45. The topological polar surface area (TPSA) is 56.8 Å². The van der Waals surface area contributed by atoms with E-state index in [4.69, 9.17) is 15.3 Å². The van der Waals surface area contributed by atoms with Crippen LogP contribution in [0.2, 0.25) is 0 Å². The van der Waals surface area contributed by atoms with Crippen molar-refractivity contribution < 1.29 is 9.13 Å². The van der Waals surface area contributed by atoms with Crippen LogP contribution >= 0.6 is 0 Å². The second-order valence-electron chi connectivity index (χ2n) is 2.58. The van der Waals surface area contributed by atoms with Crippen molar-refractivity contribution in [2.45, 2.75) is 6.42 Å². The van der Waals surface area contributed by atoms with Gasteiger partial charge in [0, 0.05) is 11.6 Å². The van der Waals surface area contributed by atoms with Gasteiger partial charge in [-0.1, -0.05) is 0 Å². The first-order chi connectivity index (χ1) is 6.72. The van der Waals surface area contributed by atoms with Gasteiger partial charge in [0.05, 0.1) is 31.2 Å². The van der Waals surface area contributed by atoms with Crippen LogP contribution < -0.4 is 4.74 Å². The molecule has 1 rings (SSSR count). The Hall–Kier alpha value is -2.07. The molecule has 1 aromatic rings. The molecule has 0 spiro atoms. The lowest BCUT2D eigenvalue weighted by molar-refractivity contribution is 0.410. The van der Waals surface area contributed by atoms with Crippen LogP contribution in [-0.2, 0) is 6.42 Å². The first-order valence-corrected chi connectivity index (χ1v) is 3.86. The molecule has 0 bridgehead atoms. The van der Waals surface area contributed by atoms with Gasteiger partial charge in [0.1, 0.15) is 11.6 Å². The molecule has 0 unspecified atom stereocenters. The predicted molar refractivity (Wildman–Crippen MR) is 47.0 cm³/mol. The Morgan fingerprint density at radius 2 is 2.14 bits per heavy atom. The molecule has 14 heavy (non-hydrogen) atoms. The fraction of sp³-hybridized carbons (Fsp3) is 0.200. The van der Waals surface area contributed by atoms with E-state index in [1.165, 1.54) is 13.2 Å². The molecule has 0 N–H and O–H groups in total. The van der Waals surface area contributed by atoms with Crippen molar-refractivity contribution in [3.8, 4) is 17.9 Å². The Balaban J connectivity index is 3.30. The summed E-state index contributed by atoms with van der Waals surface area (Å²) in [7, 11) is 1.39. The molecule has 3 nitrogen and oxygen atoms in total. The molecule has 0 amide bonds. The first kappa shape index (κ1) is 10.0. The van der Waals surface area contributed by atoms with E-state index in [0.717, 1.165) is 6.07 Å². The van der Waals surface area contributed by atoms with Gasteiger partial charge in [-0.05, 0) is 6.07 Å². The summed E-state index contributed by atoms with van der Waals surface area (Å²) in [6.45, 7) is 0. The quantitative estimate of drug-likeness (QED) is 0.714. The van der Waals surface area contributed by atoms with E-state index in [1.807, 2.05) is 6.07 Å². The third kappa shape index (κ3) is 1.81. The number of benzene rings is 1. The van der Waals surface area contributed by atoms with Gasteiger partial charge in [0.15, 0.2) is 0 Å². The Morgan fingerprint density at radius 1 is 1.43 bits per heavy atom. The molecule has 0 atom stereocenters. The van der Waals surface area contributed by atoms with Crippen molar-refractivity contribution in [3.63, 3.8) is 0 Å². The number of methoxy groups -OCH3 is 1. The summed E-state index contributed by atoms with van der Waals surface area (Å²) in [6, 6.07) is 6.20. The summed E-state index contributed by atoms with van der Waals surface area (Å²) in [4.78, 5) is 0. The smallest absolute Gasteiger partial charge is 0.132 e. The lowest BCUT2D eigenvalue weighted by Crippen LogP contribution is -1.96. The zero-order valence-corrected chi connectivity index (χ0v) is 7.54. The monoisotopic (exact) mass is 190 g/mol. The fourth-order valence-electron chi connectivity index (χ4n) is 1.09. The van der Waals surface area contributed by atoms with Crippen LogP contribution in [0.25, 0.3) is 0 Å². The molecule has 70 valence electrons. The first-order valence-electron chi connectivity index (χ1n) is 3.86. The van der Waals surface area contributed by atoms with E-state index >= 15 is 0 Å². The predicted octanol–water partition coefficient (Wildman–Crippen LogP) is 1.77. The number of nitrogens with zero attached hydrogens (tertiary/aromatic N) is 2. The van der Waals surface area contributed by atoms with Crippen molar-refractivity contribution in [1.29, 1.82) is 10.5 Å². The minimum atomic E-state index is -0.581. The van der Waals surface area contributed by atoms with E-state index in [2.05, 4.69) is 0 Å². The molecule has 0 saturated heterocycles. The lowest BCUT2D eigenvalue weighted by Gasteiger charge is -2.04. The van der Waals surface area contributed by atoms with Gasteiger partial charge in [-0.25, -0.2) is 4.39 Å². The molecule has 1 aromatic carbocycles. The molecular weight excluding hydrogens is 183 g/mol. The van der Waals surface area contributed by atoms with E-state index in [1.54, 1.807) is 6.07 Å². The molecule has 0 heterocycles. The Morgan fingerprint density at radius 3 is 2.64 bits per heavy atom. The number of nitriles is 2. The maximum Gasteiger partial charge on any atom is 0.132 e. The van der Waals surface area contributed by atoms with Crippen LogP contribution in [0.4, 0.5) is 4.39 Å².